The number of hydrogen-bond acceptors (Lipinski definition) is 5. The molecule has 0 aromatic heterocycles. The highest BCUT2D eigenvalue weighted by Crippen LogP contribution is 2.25. The van der Waals surface area contributed by atoms with Gasteiger partial charge >= 0.3 is 5.97 Å². The number of esters is 1. The van der Waals surface area contributed by atoms with Crippen molar-refractivity contribution >= 4 is 29.2 Å². The highest BCUT2D eigenvalue weighted by Gasteiger charge is 2.10. The van der Waals surface area contributed by atoms with Crippen LogP contribution in [0.4, 0.5) is 11.4 Å². The van der Waals surface area contributed by atoms with Gasteiger partial charge in [-0.2, -0.15) is 0 Å². The summed E-state index contributed by atoms with van der Waals surface area (Å²) in [6, 6.07) is 22.0. The van der Waals surface area contributed by atoms with Crippen molar-refractivity contribution in [3.8, 4) is 11.5 Å². The van der Waals surface area contributed by atoms with Crippen LogP contribution >= 0.6 is 0 Å². The van der Waals surface area contributed by atoms with Crippen LogP contribution in [-0.2, 0) is 19.1 Å². The van der Waals surface area contributed by atoms with Crippen LogP contribution in [-0.4, -0.2) is 24.4 Å². The highest BCUT2D eigenvalue weighted by atomic mass is 16.5. The monoisotopic (exact) mass is 460 g/mol. The lowest BCUT2D eigenvalue weighted by molar-refractivity contribution is -0.147. The Morgan fingerprint density at radius 1 is 0.706 bits per heavy atom. The molecular formula is C27H28N2O5. The fourth-order valence-electron chi connectivity index (χ4n) is 3.29. The number of benzene rings is 3. The summed E-state index contributed by atoms with van der Waals surface area (Å²) in [5, 5.41) is 5.42. The van der Waals surface area contributed by atoms with Crippen molar-refractivity contribution in [2.24, 2.45) is 0 Å². The van der Waals surface area contributed by atoms with E-state index in [9.17, 15) is 14.4 Å². The Bertz CT molecular complexity index is 1110. The topological polar surface area (TPSA) is 93.7 Å². The molecule has 7 nitrogen and oxygen atoms in total. The maximum Gasteiger partial charge on any atom is 0.306 e. The Hall–Kier alpha value is -4.13. The highest BCUT2D eigenvalue weighted by molar-refractivity contribution is 5.93. The molecule has 2 N–H and O–H groups in total. The molecule has 0 unspecified atom stereocenters. The van der Waals surface area contributed by atoms with Crippen molar-refractivity contribution in [3.63, 3.8) is 0 Å². The van der Waals surface area contributed by atoms with Gasteiger partial charge in [-0.15, -0.1) is 0 Å². The molecule has 0 spiro atoms. The number of aryl methyl sites for hydroxylation is 2. The first-order chi connectivity index (χ1) is 16.4. The summed E-state index contributed by atoms with van der Waals surface area (Å²) >= 11 is 0. The van der Waals surface area contributed by atoms with E-state index in [0.717, 1.165) is 16.9 Å². The molecule has 0 radical (unpaired) electrons. The van der Waals surface area contributed by atoms with Crippen LogP contribution in [0.25, 0.3) is 0 Å². The first kappa shape index (κ1) is 24.5. The summed E-state index contributed by atoms with van der Waals surface area (Å²) in [7, 11) is 0. The summed E-state index contributed by atoms with van der Waals surface area (Å²) in [6.45, 7) is 3.67. The molecule has 0 bridgehead atoms. The van der Waals surface area contributed by atoms with Crippen LogP contribution in [0, 0.1) is 13.8 Å². The van der Waals surface area contributed by atoms with E-state index in [2.05, 4.69) is 16.7 Å². The number of carbonyl (C=O) groups is 3. The molecular weight excluding hydrogens is 432 g/mol. The third-order valence-electron chi connectivity index (χ3n) is 4.78. The Balaban J connectivity index is 1.34. The van der Waals surface area contributed by atoms with E-state index < -0.39 is 11.9 Å². The molecule has 0 atom stereocenters. The van der Waals surface area contributed by atoms with Crippen LogP contribution in [0.5, 0.6) is 11.5 Å². The van der Waals surface area contributed by atoms with Gasteiger partial charge in [-0.05, 0) is 79.9 Å². The van der Waals surface area contributed by atoms with Gasteiger partial charge in [-0.25, -0.2) is 0 Å². The minimum absolute atomic E-state index is 0.0503. The van der Waals surface area contributed by atoms with Gasteiger partial charge in [0, 0.05) is 24.2 Å². The molecule has 0 heterocycles. The zero-order valence-corrected chi connectivity index (χ0v) is 19.3. The van der Waals surface area contributed by atoms with E-state index in [1.165, 1.54) is 0 Å². The van der Waals surface area contributed by atoms with Gasteiger partial charge in [-0.3, -0.25) is 14.4 Å². The third kappa shape index (κ3) is 8.43. The second kappa shape index (κ2) is 12.2. The van der Waals surface area contributed by atoms with Crippen LogP contribution in [0.1, 0.15) is 30.4 Å². The largest absolute Gasteiger partial charge is 0.457 e. The normalized spacial score (nSPS) is 10.3. The lowest BCUT2D eigenvalue weighted by Crippen LogP contribution is -2.21. The summed E-state index contributed by atoms with van der Waals surface area (Å²) < 4.78 is 10.8. The van der Waals surface area contributed by atoms with Gasteiger partial charge in [0.1, 0.15) is 11.5 Å². The van der Waals surface area contributed by atoms with Gasteiger partial charge in [0.25, 0.3) is 5.91 Å². The van der Waals surface area contributed by atoms with Crippen molar-refractivity contribution < 1.29 is 23.9 Å². The van der Waals surface area contributed by atoms with E-state index in [-0.39, 0.29) is 25.4 Å². The quantitative estimate of drug-likeness (QED) is 0.396. The van der Waals surface area contributed by atoms with Gasteiger partial charge in [0.2, 0.25) is 5.91 Å². The van der Waals surface area contributed by atoms with Gasteiger partial charge < -0.3 is 20.1 Å². The van der Waals surface area contributed by atoms with Crippen molar-refractivity contribution in [1.29, 1.82) is 0 Å². The first-order valence-electron chi connectivity index (χ1n) is 11.0. The fourth-order valence-corrected chi connectivity index (χ4v) is 3.29. The van der Waals surface area contributed by atoms with Crippen molar-refractivity contribution in [2.75, 3.05) is 17.2 Å². The Labute approximate surface area is 199 Å². The SMILES string of the molecule is Cc1cc(C)cc(Oc2ccc(NC(=O)CCCC(=O)OCC(=O)Nc3ccccc3)cc2)c1. The summed E-state index contributed by atoms with van der Waals surface area (Å²) in [5.74, 6) is 0.282. The summed E-state index contributed by atoms with van der Waals surface area (Å²) in [6.07, 6.45) is 0.528. The van der Waals surface area contributed by atoms with Crippen LogP contribution < -0.4 is 15.4 Å². The van der Waals surface area contributed by atoms with E-state index in [1.54, 1.807) is 48.5 Å². The molecule has 0 fully saturated rings. The van der Waals surface area contributed by atoms with Crippen molar-refractivity contribution in [2.45, 2.75) is 33.1 Å². The number of nitrogens with one attached hydrogen (secondary N) is 2. The lowest BCUT2D eigenvalue weighted by Gasteiger charge is -2.09. The third-order valence-corrected chi connectivity index (χ3v) is 4.78. The molecule has 34 heavy (non-hydrogen) atoms. The maximum absolute atomic E-state index is 12.2. The van der Waals surface area contributed by atoms with Crippen molar-refractivity contribution in [3.05, 3.63) is 83.9 Å². The van der Waals surface area contributed by atoms with Gasteiger partial charge in [-0.1, -0.05) is 24.3 Å². The molecule has 0 aliphatic rings. The molecule has 0 saturated heterocycles. The number of rotatable bonds is 10. The number of amides is 2. The van der Waals surface area contributed by atoms with E-state index in [1.807, 2.05) is 32.0 Å². The zero-order valence-electron chi connectivity index (χ0n) is 19.3. The van der Waals surface area contributed by atoms with Crippen LogP contribution in [0.2, 0.25) is 0 Å². The fraction of sp³-hybridized carbons (Fsp3) is 0.222. The number of ether oxygens (including phenoxy) is 2. The minimum Gasteiger partial charge on any atom is -0.457 e. The smallest absolute Gasteiger partial charge is 0.306 e. The number of hydrogen-bond donors (Lipinski definition) is 2. The number of para-hydroxylation sites is 1. The predicted molar refractivity (Wildman–Crippen MR) is 131 cm³/mol. The second-order valence-electron chi connectivity index (χ2n) is 7.93. The summed E-state index contributed by atoms with van der Waals surface area (Å²) in [5.41, 5.74) is 3.51. The molecule has 3 aromatic rings. The van der Waals surface area contributed by atoms with E-state index in [0.29, 0.717) is 23.5 Å². The van der Waals surface area contributed by atoms with E-state index in [4.69, 9.17) is 9.47 Å². The molecule has 176 valence electrons. The molecule has 3 rings (SSSR count). The zero-order chi connectivity index (χ0) is 24.3. The molecule has 0 aliphatic carbocycles. The van der Waals surface area contributed by atoms with Crippen LogP contribution in [0.15, 0.2) is 72.8 Å². The Morgan fingerprint density at radius 2 is 1.32 bits per heavy atom. The maximum atomic E-state index is 12.2. The summed E-state index contributed by atoms with van der Waals surface area (Å²) in [4.78, 5) is 35.8. The van der Waals surface area contributed by atoms with Gasteiger partial charge in [0.05, 0.1) is 0 Å². The Kier molecular flexibility index (Phi) is 8.80. The minimum atomic E-state index is -0.524. The van der Waals surface area contributed by atoms with Crippen molar-refractivity contribution in [1.82, 2.24) is 0 Å². The second-order valence-corrected chi connectivity index (χ2v) is 7.93. The average molecular weight is 461 g/mol. The molecule has 3 aromatic carbocycles. The molecule has 0 aliphatic heterocycles. The molecule has 2 amide bonds. The van der Waals surface area contributed by atoms with E-state index >= 15 is 0 Å². The Morgan fingerprint density at radius 3 is 2.00 bits per heavy atom. The number of carbonyl (C=O) groups excluding carboxylic acids is 3. The molecule has 0 saturated carbocycles. The molecule has 7 heteroatoms. The lowest BCUT2D eigenvalue weighted by atomic mass is 10.1. The standard InChI is InChI=1S/C27H28N2O5/c1-19-15-20(2)17-24(16-19)34-23-13-11-22(12-14-23)28-25(30)9-6-10-27(32)33-18-26(31)29-21-7-4-3-5-8-21/h3-5,7-8,11-17H,6,9-10,18H2,1-2H3,(H,28,30)(H,29,31). The first-order valence-corrected chi connectivity index (χ1v) is 11.0. The number of anilines is 2. The van der Waals surface area contributed by atoms with Crippen LogP contribution in [0.3, 0.4) is 0 Å². The van der Waals surface area contributed by atoms with Gasteiger partial charge in [0.15, 0.2) is 6.61 Å². The average Bonchev–Trinajstić information content (AvgIpc) is 2.79. The predicted octanol–water partition coefficient (Wildman–Crippen LogP) is 5.39.